The maximum atomic E-state index is 12.5. The van der Waals surface area contributed by atoms with Gasteiger partial charge in [0, 0.05) is 36.7 Å². The molecule has 1 amide bonds. The lowest BCUT2D eigenvalue weighted by atomic mass is 10.1. The first-order valence-electron chi connectivity index (χ1n) is 9.30. The maximum absolute atomic E-state index is 12.5. The molecule has 0 radical (unpaired) electrons. The van der Waals surface area contributed by atoms with E-state index in [0.717, 1.165) is 0 Å². The van der Waals surface area contributed by atoms with Gasteiger partial charge in [-0.2, -0.15) is 0 Å². The molecule has 1 fully saturated rings. The predicted octanol–water partition coefficient (Wildman–Crippen LogP) is 2.39. The standard InChI is InChI=1S/C21H20N2O8/c1-29-16-7-8-17(19(10-16)30-2)22-11-14(9-20(22)25)21(26)31-12-18(24)13-3-5-15(6-4-13)23(27)28/h3-8,10,14H,9,11-12H2,1-2H3/t14-/m0/s1. The Morgan fingerprint density at radius 2 is 1.84 bits per heavy atom. The molecule has 0 aromatic heterocycles. The van der Waals surface area contributed by atoms with Crippen molar-refractivity contribution in [2.24, 2.45) is 5.92 Å². The lowest BCUT2D eigenvalue weighted by Gasteiger charge is -2.20. The van der Waals surface area contributed by atoms with E-state index >= 15 is 0 Å². The van der Waals surface area contributed by atoms with Gasteiger partial charge in [0.25, 0.3) is 5.69 Å². The molecule has 2 aromatic rings. The second-order valence-corrected chi connectivity index (χ2v) is 6.78. The number of Topliss-reactive ketones (excluding diaryl/α,β-unsaturated/α-hetero) is 1. The van der Waals surface area contributed by atoms with E-state index < -0.39 is 29.2 Å². The van der Waals surface area contributed by atoms with Crippen molar-refractivity contribution in [1.29, 1.82) is 0 Å². The van der Waals surface area contributed by atoms with E-state index in [1.165, 1.54) is 43.4 Å². The zero-order valence-electron chi connectivity index (χ0n) is 16.9. The zero-order valence-corrected chi connectivity index (χ0v) is 16.9. The van der Waals surface area contributed by atoms with Crippen molar-refractivity contribution >= 4 is 29.0 Å². The largest absolute Gasteiger partial charge is 0.497 e. The van der Waals surface area contributed by atoms with Gasteiger partial charge in [0.05, 0.1) is 30.7 Å². The second kappa shape index (κ2) is 9.24. The first-order valence-corrected chi connectivity index (χ1v) is 9.30. The van der Waals surface area contributed by atoms with Gasteiger partial charge in [0.2, 0.25) is 5.91 Å². The molecule has 1 saturated heterocycles. The number of hydrogen-bond donors (Lipinski definition) is 0. The van der Waals surface area contributed by atoms with E-state index in [1.807, 2.05) is 0 Å². The molecule has 10 nitrogen and oxygen atoms in total. The Labute approximate surface area is 177 Å². The molecular weight excluding hydrogens is 408 g/mol. The van der Waals surface area contributed by atoms with Crippen LogP contribution in [0.2, 0.25) is 0 Å². The highest BCUT2D eigenvalue weighted by Crippen LogP contribution is 2.36. The van der Waals surface area contributed by atoms with E-state index in [1.54, 1.807) is 18.2 Å². The number of anilines is 1. The highest BCUT2D eigenvalue weighted by atomic mass is 16.6. The van der Waals surface area contributed by atoms with Gasteiger partial charge in [-0.05, 0) is 24.3 Å². The highest BCUT2D eigenvalue weighted by Gasteiger charge is 2.37. The third kappa shape index (κ3) is 4.80. The topological polar surface area (TPSA) is 125 Å². The van der Waals surface area contributed by atoms with Crippen LogP contribution < -0.4 is 14.4 Å². The number of esters is 1. The van der Waals surface area contributed by atoms with Gasteiger partial charge in [-0.15, -0.1) is 0 Å². The van der Waals surface area contributed by atoms with Crippen LogP contribution in [0.3, 0.4) is 0 Å². The molecule has 0 saturated carbocycles. The third-order valence-electron chi connectivity index (χ3n) is 4.88. The third-order valence-corrected chi connectivity index (χ3v) is 4.88. The minimum Gasteiger partial charge on any atom is -0.497 e. The summed E-state index contributed by atoms with van der Waals surface area (Å²) in [7, 11) is 2.98. The summed E-state index contributed by atoms with van der Waals surface area (Å²) >= 11 is 0. The van der Waals surface area contributed by atoms with Gasteiger partial charge in [-0.25, -0.2) is 0 Å². The van der Waals surface area contributed by atoms with Gasteiger partial charge >= 0.3 is 5.97 Å². The van der Waals surface area contributed by atoms with Crippen molar-refractivity contribution in [3.05, 3.63) is 58.1 Å². The monoisotopic (exact) mass is 428 g/mol. The number of nitro benzene ring substituents is 1. The fraction of sp³-hybridized carbons (Fsp3) is 0.286. The van der Waals surface area contributed by atoms with Crippen molar-refractivity contribution in [1.82, 2.24) is 0 Å². The highest BCUT2D eigenvalue weighted by molar-refractivity contribution is 6.01. The van der Waals surface area contributed by atoms with Gasteiger partial charge in [0.15, 0.2) is 12.4 Å². The van der Waals surface area contributed by atoms with Crippen molar-refractivity contribution < 1.29 is 33.5 Å². The number of amides is 1. The molecule has 31 heavy (non-hydrogen) atoms. The lowest BCUT2D eigenvalue weighted by molar-refractivity contribution is -0.384. The van der Waals surface area contributed by atoms with Crippen LogP contribution in [0.25, 0.3) is 0 Å². The summed E-state index contributed by atoms with van der Waals surface area (Å²) < 4.78 is 15.6. The van der Waals surface area contributed by atoms with Gasteiger partial charge in [0.1, 0.15) is 11.5 Å². The summed E-state index contributed by atoms with van der Waals surface area (Å²) in [6.07, 6.45) is -0.0558. The molecule has 0 unspecified atom stereocenters. The Kier molecular flexibility index (Phi) is 6.49. The quantitative estimate of drug-likeness (QED) is 0.272. The van der Waals surface area contributed by atoms with Gasteiger partial charge in [-0.3, -0.25) is 24.5 Å². The SMILES string of the molecule is COc1ccc(N2C[C@@H](C(=O)OCC(=O)c3ccc([N+](=O)[O-])cc3)CC2=O)c(OC)c1. The number of rotatable bonds is 8. The van der Waals surface area contributed by atoms with Gasteiger partial charge in [-0.1, -0.05) is 0 Å². The zero-order chi connectivity index (χ0) is 22.5. The van der Waals surface area contributed by atoms with Crippen LogP contribution in [0.1, 0.15) is 16.8 Å². The van der Waals surface area contributed by atoms with Crippen LogP contribution in [0.4, 0.5) is 11.4 Å². The van der Waals surface area contributed by atoms with E-state index in [-0.39, 0.29) is 30.1 Å². The number of benzene rings is 2. The summed E-state index contributed by atoms with van der Waals surface area (Å²) in [4.78, 5) is 48.6. The molecule has 10 heteroatoms. The van der Waals surface area contributed by atoms with Crippen LogP contribution in [0.15, 0.2) is 42.5 Å². The Hall–Kier alpha value is -3.95. The van der Waals surface area contributed by atoms with E-state index in [2.05, 4.69) is 0 Å². The maximum Gasteiger partial charge on any atom is 0.311 e. The minimum absolute atomic E-state index is 0.0558. The van der Waals surface area contributed by atoms with E-state index in [4.69, 9.17) is 14.2 Å². The Morgan fingerprint density at radius 3 is 2.45 bits per heavy atom. The molecule has 1 heterocycles. The van der Waals surface area contributed by atoms with Crippen LogP contribution in [0.5, 0.6) is 11.5 Å². The molecule has 0 N–H and O–H groups in total. The Balaban J connectivity index is 1.61. The minimum atomic E-state index is -0.732. The van der Waals surface area contributed by atoms with Crippen molar-refractivity contribution in [3.63, 3.8) is 0 Å². The summed E-state index contributed by atoms with van der Waals surface area (Å²) in [5, 5.41) is 10.7. The van der Waals surface area contributed by atoms with Crippen molar-refractivity contribution in [2.75, 3.05) is 32.3 Å². The molecule has 2 aromatic carbocycles. The fourth-order valence-electron chi connectivity index (χ4n) is 3.21. The summed E-state index contributed by atoms with van der Waals surface area (Å²) in [5.74, 6) is -1.18. The number of carbonyl (C=O) groups is 3. The first-order chi connectivity index (χ1) is 14.8. The van der Waals surface area contributed by atoms with E-state index in [9.17, 15) is 24.5 Å². The van der Waals surface area contributed by atoms with Crippen molar-refractivity contribution in [2.45, 2.75) is 6.42 Å². The Bertz CT molecular complexity index is 1020. The van der Waals surface area contributed by atoms with E-state index in [0.29, 0.717) is 17.2 Å². The number of nitro groups is 1. The number of non-ortho nitro benzene ring substituents is 1. The van der Waals surface area contributed by atoms with Crippen molar-refractivity contribution in [3.8, 4) is 11.5 Å². The molecule has 1 aliphatic heterocycles. The smallest absolute Gasteiger partial charge is 0.311 e. The summed E-state index contributed by atoms with van der Waals surface area (Å²) in [6, 6.07) is 9.98. The molecule has 0 bridgehead atoms. The average molecular weight is 428 g/mol. The lowest BCUT2D eigenvalue weighted by Crippen LogP contribution is -2.27. The molecular formula is C21H20N2O8. The average Bonchev–Trinajstić information content (AvgIpc) is 3.18. The molecule has 1 atom stereocenters. The molecule has 162 valence electrons. The summed E-state index contributed by atoms with van der Waals surface area (Å²) in [5.41, 5.74) is 0.545. The van der Waals surface area contributed by atoms with Crippen LogP contribution in [0, 0.1) is 16.0 Å². The molecule has 3 rings (SSSR count). The number of methoxy groups -OCH3 is 2. The molecule has 0 aliphatic carbocycles. The number of ketones is 1. The molecule has 0 spiro atoms. The Morgan fingerprint density at radius 1 is 1.13 bits per heavy atom. The normalized spacial score (nSPS) is 15.5. The second-order valence-electron chi connectivity index (χ2n) is 6.78. The number of carbonyl (C=O) groups excluding carboxylic acids is 3. The number of ether oxygens (including phenoxy) is 3. The number of nitrogens with zero attached hydrogens (tertiary/aromatic N) is 2. The summed E-state index contributed by atoms with van der Waals surface area (Å²) in [6.45, 7) is -0.431. The first kappa shape index (κ1) is 21.8. The van der Waals surface area contributed by atoms with Crippen LogP contribution in [-0.2, 0) is 14.3 Å². The number of hydrogen-bond acceptors (Lipinski definition) is 8. The van der Waals surface area contributed by atoms with Crippen LogP contribution in [-0.4, -0.2) is 50.0 Å². The fourth-order valence-corrected chi connectivity index (χ4v) is 3.21. The predicted molar refractivity (Wildman–Crippen MR) is 108 cm³/mol. The molecule has 1 aliphatic rings. The van der Waals surface area contributed by atoms with Crippen LogP contribution >= 0.6 is 0 Å². The van der Waals surface area contributed by atoms with Gasteiger partial charge < -0.3 is 19.1 Å².